The van der Waals surface area contributed by atoms with Crippen LogP contribution in [0.4, 0.5) is 0 Å². The van der Waals surface area contributed by atoms with Crippen molar-refractivity contribution >= 4 is 46.2 Å². The highest BCUT2D eigenvalue weighted by Gasteiger charge is 2.30. The summed E-state index contributed by atoms with van der Waals surface area (Å²) in [5, 5.41) is 0. The first-order chi connectivity index (χ1) is 12.6. The van der Waals surface area contributed by atoms with Gasteiger partial charge in [-0.05, 0) is 36.6 Å². The van der Waals surface area contributed by atoms with E-state index in [1.807, 2.05) is 23.1 Å². The van der Waals surface area contributed by atoms with E-state index < -0.39 is 0 Å². The van der Waals surface area contributed by atoms with Crippen molar-refractivity contribution in [3.8, 4) is 5.75 Å². The zero-order valence-corrected chi connectivity index (χ0v) is 16.0. The van der Waals surface area contributed by atoms with Gasteiger partial charge < -0.3 is 9.64 Å². The fourth-order valence-corrected chi connectivity index (χ4v) is 4.11. The molecule has 0 atom stereocenters. The standard InChI is InChI=1S/C19H20N2O3S2/c1-2-8-21-18(23)16(26-19(21)25)12-14-6-5-7-15(11-14)24-13-17(22)20-9-3-4-10-20/h2,5-7,11-12H,1,3-4,8-10,13H2/b16-12-. The van der Waals surface area contributed by atoms with Crippen LogP contribution in [-0.2, 0) is 9.59 Å². The first-order valence-corrected chi connectivity index (χ1v) is 9.68. The van der Waals surface area contributed by atoms with Crippen molar-refractivity contribution in [2.24, 2.45) is 0 Å². The van der Waals surface area contributed by atoms with Gasteiger partial charge in [0, 0.05) is 19.6 Å². The van der Waals surface area contributed by atoms with Gasteiger partial charge in [-0.3, -0.25) is 14.5 Å². The molecule has 2 fully saturated rings. The second-order valence-corrected chi connectivity index (χ2v) is 7.71. The summed E-state index contributed by atoms with van der Waals surface area (Å²) in [7, 11) is 0. The van der Waals surface area contributed by atoms with Crippen LogP contribution in [0.25, 0.3) is 6.08 Å². The molecule has 0 radical (unpaired) electrons. The molecule has 2 heterocycles. The van der Waals surface area contributed by atoms with Gasteiger partial charge >= 0.3 is 0 Å². The number of thiocarbonyl (C=S) groups is 1. The zero-order chi connectivity index (χ0) is 18.5. The van der Waals surface area contributed by atoms with Crippen LogP contribution in [0.3, 0.4) is 0 Å². The average molecular weight is 389 g/mol. The van der Waals surface area contributed by atoms with Crippen molar-refractivity contribution < 1.29 is 14.3 Å². The number of hydrogen-bond donors (Lipinski definition) is 0. The lowest BCUT2D eigenvalue weighted by Crippen LogP contribution is -2.32. The fourth-order valence-electron chi connectivity index (χ4n) is 2.83. The molecule has 2 saturated heterocycles. The monoisotopic (exact) mass is 388 g/mol. The third-order valence-corrected chi connectivity index (χ3v) is 5.54. The van der Waals surface area contributed by atoms with Gasteiger partial charge in [0.2, 0.25) is 0 Å². The van der Waals surface area contributed by atoms with Gasteiger partial charge in [0.1, 0.15) is 10.1 Å². The van der Waals surface area contributed by atoms with Crippen LogP contribution in [0.2, 0.25) is 0 Å². The van der Waals surface area contributed by atoms with Gasteiger partial charge in [-0.1, -0.05) is 42.2 Å². The van der Waals surface area contributed by atoms with Gasteiger partial charge in [0.15, 0.2) is 6.61 Å². The van der Waals surface area contributed by atoms with E-state index in [9.17, 15) is 9.59 Å². The van der Waals surface area contributed by atoms with E-state index in [1.165, 1.54) is 16.7 Å². The van der Waals surface area contributed by atoms with E-state index in [0.717, 1.165) is 31.5 Å². The molecule has 0 N–H and O–H groups in total. The Bertz CT molecular complexity index is 770. The Morgan fingerprint density at radius 2 is 2.12 bits per heavy atom. The third kappa shape index (κ3) is 4.34. The second-order valence-electron chi connectivity index (χ2n) is 6.03. The van der Waals surface area contributed by atoms with Crippen molar-refractivity contribution in [2.75, 3.05) is 26.2 Å². The van der Waals surface area contributed by atoms with Crippen LogP contribution in [-0.4, -0.2) is 52.2 Å². The molecule has 0 aromatic heterocycles. The normalized spacial score (nSPS) is 18.7. The van der Waals surface area contributed by atoms with Crippen molar-refractivity contribution in [2.45, 2.75) is 12.8 Å². The van der Waals surface area contributed by atoms with E-state index in [4.69, 9.17) is 17.0 Å². The lowest BCUT2D eigenvalue weighted by molar-refractivity contribution is -0.132. The van der Waals surface area contributed by atoms with Crippen LogP contribution in [0, 0.1) is 0 Å². The molecule has 0 saturated carbocycles. The lowest BCUT2D eigenvalue weighted by Gasteiger charge is -2.15. The first-order valence-electron chi connectivity index (χ1n) is 8.45. The summed E-state index contributed by atoms with van der Waals surface area (Å²) >= 11 is 6.51. The summed E-state index contributed by atoms with van der Waals surface area (Å²) in [6.45, 7) is 5.71. The number of benzene rings is 1. The van der Waals surface area contributed by atoms with E-state index >= 15 is 0 Å². The molecule has 7 heteroatoms. The van der Waals surface area contributed by atoms with Crippen molar-refractivity contribution in [3.63, 3.8) is 0 Å². The Kier molecular flexibility index (Phi) is 6.11. The lowest BCUT2D eigenvalue weighted by atomic mass is 10.2. The summed E-state index contributed by atoms with van der Waals surface area (Å²) < 4.78 is 6.16. The molecule has 1 aromatic rings. The smallest absolute Gasteiger partial charge is 0.266 e. The number of rotatable bonds is 6. The maximum atomic E-state index is 12.4. The minimum absolute atomic E-state index is 0.0122. The van der Waals surface area contributed by atoms with E-state index in [0.29, 0.717) is 21.5 Å². The molecule has 5 nitrogen and oxygen atoms in total. The summed E-state index contributed by atoms with van der Waals surface area (Å²) in [5.74, 6) is 0.501. The number of carbonyl (C=O) groups excluding carboxylic acids is 2. The molecular weight excluding hydrogens is 368 g/mol. The molecule has 0 aliphatic carbocycles. The van der Waals surface area contributed by atoms with Crippen LogP contribution < -0.4 is 4.74 Å². The predicted molar refractivity (Wildman–Crippen MR) is 108 cm³/mol. The summed E-state index contributed by atoms with van der Waals surface area (Å²) in [6.07, 6.45) is 5.56. The number of thioether (sulfide) groups is 1. The Balaban J connectivity index is 1.65. The molecule has 0 unspecified atom stereocenters. The predicted octanol–water partition coefficient (Wildman–Crippen LogP) is 3.08. The minimum Gasteiger partial charge on any atom is -0.484 e. The van der Waals surface area contributed by atoms with Crippen LogP contribution in [0.5, 0.6) is 5.75 Å². The van der Waals surface area contributed by atoms with Gasteiger partial charge in [-0.2, -0.15) is 0 Å². The average Bonchev–Trinajstić information content (AvgIpc) is 3.25. The Labute approximate surface area is 162 Å². The van der Waals surface area contributed by atoms with Crippen molar-refractivity contribution in [1.29, 1.82) is 0 Å². The topological polar surface area (TPSA) is 49.9 Å². The Morgan fingerprint density at radius 1 is 1.35 bits per heavy atom. The quantitative estimate of drug-likeness (QED) is 0.426. The van der Waals surface area contributed by atoms with Crippen molar-refractivity contribution in [3.05, 3.63) is 47.4 Å². The number of amides is 2. The Hall–Kier alpha value is -2.12. The summed E-state index contributed by atoms with van der Waals surface area (Å²) in [6, 6.07) is 7.34. The maximum absolute atomic E-state index is 12.4. The molecule has 2 amide bonds. The molecule has 136 valence electrons. The maximum Gasteiger partial charge on any atom is 0.266 e. The second kappa shape index (κ2) is 8.51. The molecule has 0 bridgehead atoms. The van der Waals surface area contributed by atoms with Crippen LogP contribution in [0.15, 0.2) is 41.8 Å². The first kappa shape index (κ1) is 18.7. The molecule has 3 rings (SSSR count). The van der Waals surface area contributed by atoms with Gasteiger partial charge in [0.05, 0.1) is 4.91 Å². The van der Waals surface area contributed by atoms with Crippen LogP contribution >= 0.6 is 24.0 Å². The highest BCUT2D eigenvalue weighted by molar-refractivity contribution is 8.26. The van der Waals surface area contributed by atoms with Gasteiger partial charge in [-0.25, -0.2) is 0 Å². The van der Waals surface area contributed by atoms with Crippen molar-refractivity contribution in [1.82, 2.24) is 9.80 Å². The highest BCUT2D eigenvalue weighted by Crippen LogP contribution is 2.32. The molecule has 2 aliphatic rings. The SMILES string of the molecule is C=CCN1C(=O)/C(=C/c2cccc(OCC(=O)N3CCCC3)c2)SC1=S. The number of hydrogen-bond acceptors (Lipinski definition) is 5. The Morgan fingerprint density at radius 3 is 2.85 bits per heavy atom. The minimum atomic E-state index is -0.115. The number of ether oxygens (including phenoxy) is 1. The van der Waals surface area contributed by atoms with E-state index in [2.05, 4.69) is 6.58 Å². The van der Waals surface area contributed by atoms with Gasteiger partial charge in [-0.15, -0.1) is 6.58 Å². The third-order valence-electron chi connectivity index (χ3n) is 4.16. The molecule has 0 spiro atoms. The summed E-state index contributed by atoms with van der Waals surface area (Å²) in [5.41, 5.74) is 0.829. The largest absolute Gasteiger partial charge is 0.484 e. The molecular formula is C19H20N2O3S2. The highest BCUT2D eigenvalue weighted by atomic mass is 32.2. The zero-order valence-electron chi connectivity index (χ0n) is 14.3. The molecule has 1 aromatic carbocycles. The number of carbonyl (C=O) groups is 2. The van der Waals surface area contributed by atoms with E-state index in [1.54, 1.807) is 18.2 Å². The fraction of sp³-hybridized carbons (Fsp3) is 0.316. The number of nitrogens with zero attached hydrogens (tertiary/aromatic N) is 2. The van der Waals surface area contributed by atoms with Crippen LogP contribution in [0.1, 0.15) is 18.4 Å². The summed E-state index contributed by atoms with van der Waals surface area (Å²) in [4.78, 5) is 28.4. The number of likely N-dealkylation sites (tertiary alicyclic amines) is 1. The molecule has 26 heavy (non-hydrogen) atoms. The van der Waals surface area contributed by atoms with Gasteiger partial charge in [0.25, 0.3) is 11.8 Å². The molecule has 2 aliphatic heterocycles. The van der Waals surface area contributed by atoms with E-state index in [-0.39, 0.29) is 18.4 Å².